The maximum absolute atomic E-state index is 13.4. The molecule has 5 aliphatic rings. The normalized spacial score (nSPS) is 29.5. The first-order valence-corrected chi connectivity index (χ1v) is 10.2. The van der Waals surface area contributed by atoms with E-state index in [0.29, 0.717) is 5.69 Å². The highest BCUT2D eigenvalue weighted by atomic mass is 19.4. The first-order valence-electron chi connectivity index (χ1n) is 10.2. The van der Waals surface area contributed by atoms with Crippen molar-refractivity contribution < 1.29 is 17.7 Å². The lowest BCUT2D eigenvalue weighted by Crippen LogP contribution is -2.57. The van der Waals surface area contributed by atoms with Crippen LogP contribution in [-0.4, -0.2) is 77.4 Å². The fourth-order valence-electron chi connectivity index (χ4n) is 4.71. The molecule has 8 heteroatoms. The Morgan fingerprint density at radius 2 is 1.86 bits per heavy atom. The Morgan fingerprint density at radius 1 is 1.10 bits per heavy atom. The molecule has 0 amide bonds. The minimum absolute atomic E-state index is 0.0746. The van der Waals surface area contributed by atoms with Crippen LogP contribution in [0.25, 0.3) is 0 Å². The number of amidine groups is 1. The summed E-state index contributed by atoms with van der Waals surface area (Å²) in [5.41, 5.74) is 1.60. The van der Waals surface area contributed by atoms with E-state index in [1.807, 2.05) is 0 Å². The summed E-state index contributed by atoms with van der Waals surface area (Å²) in [5, 5.41) is 0. The molecule has 3 atom stereocenters. The van der Waals surface area contributed by atoms with E-state index >= 15 is 0 Å². The van der Waals surface area contributed by atoms with Gasteiger partial charge in [-0.25, -0.2) is 9.57 Å². The van der Waals surface area contributed by atoms with Crippen molar-refractivity contribution in [3.8, 4) is 0 Å². The average molecular weight is 404 g/mol. The lowest BCUT2D eigenvalue weighted by molar-refractivity contribution is -0.651. The predicted molar refractivity (Wildman–Crippen MR) is 107 cm³/mol. The van der Waals surface area contributed by atoms with Crippen molar-refractivity contribution in [2.24, 2.45) is 9.98 Å². The van der Waals surface area contributed by atoms with Gasteiger partial charge in [-0.15, -0.1) is 0 Å². The molecule has 2 fully saturated rings. The second-order valence-electron chi connectivity index (χ2n) is 8.49. The van der Waals surface area contributed by atoms with Crippen molar-refractivity contribution in [2.75, 3.05) is 33.2 Å². The summed E-state index contributed by atoms with van der Waals surface area (Å²) in [4.78, 5) is 14.3. The minimum atomic E-state index is -4.38. The Balaban J connectivity index is 1.68. The van der Waals surface area contributed by atoms with Crippen LogP contribution >= 0.6 is 0 Å². The van der Waals surface area contributed by atoms with Crippen molar-refractivity contribution in [2.45, 2.75) is 44.1 Å². The fourth-order valence-corrected chi connectivity index (χ4v) is 4.71. The average Bonchev–Trinajstić information content (AvgIpc) is 2.76. The lowest BCUT2D eigenvalue weighted by atomic mass is 9.83. The Hall–Kier alpha value is -2.22. The van der Waals surface area contributed by atoms with E-state index in [2.05, 4.69) is 34.6 Å². The van der Waals surface area contributed by atoms with Crippen LogP contribution in [0.3, 0.4) is 0 Å². The Kier molecular flexibility index (Phi) is 4.31. The van der Waals surface area contributed by atoms with Gasteiger partial charge in [0.15, 0.2) is 11.9 Å². The van der Waals surface area contributed by atoms with Gasteiger partial charge >= 0.3 is 6.18 Å². The molecule has 154 valence electrons. The van der Waals surface area contributed by atoms with Crippen LogP contribution in [0.1, 0.15) is 36.9 Å². The molecule has 0 N–H and O–H groups in total. The van der Waals surface area contributed by atoms with Crippen LogP contribution in [0.15, 0.2) is 28.2 Å². The Bertz CT molecular complexity index is 925. The monoisotopic (exact) mass is 404 g/mol. The van der Waals surface area contributed by atoms with E-state index in [4.69, 9.17) is 9.98 Å². The highest BCUT2D eigenvalue weighted by Gasteiger charge is 2.52. The zero-order valence-electron chi connectivity index (χ0n) is 16.7. The molecule has 1 aromatic carbocycles. The molecule has 0 radical (unpaired) electrons. The smallest absolute Gasteiger partial charge is 0.352 e. The van der Waals surface area contributed by atoms with Crippen LogP contribution in [0, 0.1) is 0 Å². The number of nitrogens with zero attached hydrogens (tertiary/aromatic N) is 5. The number of piperazine rings is 1. The molecule has 5 heterocycles. The SMILES string of the molecule is CC1CC=[N+]2C3CC2c2ccc(C(F)(F)F)cc2N=C(N2CCN(C)CC2)C3=N1. The van der Waals surface area contributed by atoms with Crippen LogP contribution in [0.4, 0.5) is 18.9 Å². The van der Waals surface area contributed by atoms with Crippen molar-refractivity contribution >= 4 is 23.4 Å². The zero-order chi connectivity index (χ0) is 20.3. The highest BCUT2D eigenvalue weighted by Crippen LogP contribution is 2.45. The van der Waals surface area contributed by atoms with Crippen LogP contribution in [0.2, 0.25) is 0 Å². The van der Waals surface area contributed by atoms with Crippen molar-refractivity contribution in [3.63, 3.8) is 0 Å². The van der Waals surface area contributed by atoms with Gasteiger partial charge in [-0.05, 0) is 32.2 Å². The van der Waals surface area contributed by atoms with E-state index in [0.717, 1.165) is 56.1 Å². The molecular formula is C21H25F3N5+. The molecule has 3 unspecified atom stereocenters. The lowest BCUT2D eigenvalue weighted by Gasteiger charge is -2.40. The first-order chi connectivity index (χ1) is 13.8. The third-order valence-electron chi connectivity index (χ3n) is 6.47. The predicted octanol–water partition coefficient (Wildman–Crippen LogP) is 3.13. The third kappa shape index (κ3) is 3.17. The molecule has 0 spiro atoms. The second kappa shape index (κ2) is 6.65. The first kappa shape index (κ1) is 18.8. The number of hydrogen-bond donors (Lipinski definition) is 0. The maximum atomic E-state index is 13.4. The van der Waals surface area contributed by atoms with Crippen molar-refractivity contribution in [3.05, 3.63) is 29.3 Å². The van der Waals surface area contributed by atoms with E-state index in [1.165, 1.54) is 12.1 Å². The molecule has 5 nitrogen and oxygen atoms in total. The van der Waals surface area contributed by atoms with Crippen LogP contribution in [0.5, 0.6) is 0 Å². The summed E-state index contributed by atoms with van der Waals surface area (Å²) >= 11 is 0. The van der Waals surface area contributed by atoms with Crippen LogP contribution < -0.4 is 0 Å². The third-order valence-corrected chi connectivity index (χ3v) is 6.47. The van der Waals surface area contributed by atoms with Crippen molar-refractivity contribution in [1.82, 2.24) is 9.80 Å². The van der Waals surface area contributed by atoms with Crippen molar-refractivity contribution in [1.29, 1.82) is 0 Å². The van der Waals surface area contributed by atoms with Gasteiger partial charge in [0.1, 0.15) is 11.9 Å². The molecule has 4 bridgehead atoms. The van der Waals surface area contributed by atoms with Crippen LogP contribution in [-0.2, 0) is 6.18 Å². The summed E-state index contributed by atoms with van der Waals surface area (Å²) in [6.45, 7) is 5.50. The summed E-state index contributed by atoms with van der Waals surface area (Å²) in [6.07, 6.45) is -0.488. The molecular weight excluding hydrogens is 379 g/mol. The van der Waals surface area contributed by atoms with Gasteiger partial charge in [0, 0.05) is 38.2 Å². The highest BCUT2D eigenvalue weighted by molar-refractivity contribution is 6.43. The fraction of sp³-hybridized carbons (Fsp3) is 0.571. The molecule has 1 aromatic rings. The molecule has 2 saturated heterocycles. The Labute approximate surface area is 168 Å². The van der Waals surface area contributed by atoms with Gasteiger partial charge in [0.05, 0.1) is 23.7 Å². The second-order valence-corrected chi connectivity index (χ2v) is 8.49. The Morgan fingerprint density at radius 3 is 2.59 bits per heavy atom. The van der Waals surface area contributed by atoms with E-state index in [-0.39, 0.29) is 18.1 Å². The van der Waals surface area contributed by atoms with Gasteiger partial charge < -0.3 is 9.80 Å². The number of benzene rings is 1. The van der Waals surface area contributed by atoms with Gasteiger partial charge in [-0.2, -0.15) is 13.2 Å². The van der Waals surface area contributed by atoms with Gasteiger partial charge in [-0.1, -0.05) is 0 Å². The number of alkyl halides is 3. The summed E-state index contributed by atoms with van der Waals surface area (Å²) in [7, 11) is 2.08. The minimum Gasteiger partial charge on any atom is -0.352 e. The summed E-state index contributed by atoms with van der Waals surface area (Å²) in [6, 6.07) is 4.40. The largest absolute Gasteiger partial charge is 0.416 e. The van der Waals surface area contributed by atoms with E-state index in [1.54, 1.807) is 6.07 Å². The molecule has 29 heavy (non-hydrogen) atoms. The number of likely N-dealkylation sites (N-methyl/N-ethyl adjacent to an activating group) is 1. The van der Waals surface area contributed by atoms with E-state index in [9.17, 15) is 13.2 Å². The van der Waals surface area contributed by atoms with Gasteiger partial charge in [-0.3, -0.25) is 4.99 Å². The molecule has 0 aliphatic carbocycles. The number of aliphatic imine (C=N–C) groups is 2. The molecule has 0 aromatic heterocycles. The summed E-state index contributed by atoms with van der Waals surface area (Å²) < 4.78 is 42.4. The summed E-state index contributed by atoms with van der Waals surface area (Å²) in [5.74, 6) is 0.758. The number of halogens is 3. The molecule has 5 aliphatic heterocycles. The molecule has 0 saturated carbocycles. The number of rotatable bonds is 0. The zero-order valence-corrected chi connectivity index (χ0v) is 16.7. The topological polar surface area (TPSA) is 34.2 Å². The van der Waals surface area contributed by atoms with E-state index < -0.39 is 11.7 Å². The van der Waals surface area contributed by atoms with Gasteiger partial charge in [0.2, 0.25) is 6.04 Å². The quantitative estimate of drug-likeness (QED) is 0.623. The number of hydrogen-bond acceptors (Lipinski definition) is 4. The standard InChI is InChI=1S/C21H25F3N5/c1-13-5-6-29-17-12-18(29)19(25-13)20(28-9-7-27(2)8-10-28)26-16-11-14(21(22,23)24)3-4-15(16)17/h3-4,6,11,13,17-18H,5,7-10,12H2,1-2H3/q+1. The maximum Gasteiger partial charge on any atom is 0.416 e. The van der Waals surface area contributed by atoms with Gasteiger partial charge in [0.25, 0.3) is 0 Å². The molecule has 6 rings (SSSR count).